The number of hydrogen-bond acceptors (Lipinski definition) is 2. The van der Waals surface area contributed by atoms with Gasteiger partial charge < -0.3 is 0 Å². The van der Waals surface area contributed by atoms with Crippen molar-refractivity contribution in [3.8, 4) is 0 Å². The topological polar surface area (TPSA) is 25.8 Å². The molecule has 0 aliphatic rings. The molecule has 1 heterocycles. The summed E-state index contributed by atoms with van der Waals surface area (Å²) < 4.78 is 3.83. The van der Waals surface area contributed by atoms with Gasteiger partial charge in [-0.25, -0.2) is 0 Å². The van der Waals surface area contributed by atoms with Gasteiger partial charge in [-0.15, -0.1) is 0 Å². The molecule has 0 N–H and O–H groups in total. The predicted molar refractivity (Wildman–Crippen MR) is 28.3 cm³/mol. The first-order valence-corrected chi connectivity index (χ1v) is 3.95. The van der Waals surface area contributed by atoms with Crippen LogP contribution >= 0.6 is 0 Å². The van der Waals surface area contributed by atoms with Crippen LogP contribution < -0.4 is 0 Å². The fourth-order valence-electron chi connectivity index (χ4n) is 0.338. The van der Waals surface area contributed by atoms with Gasteiger partial charge in [0.25, 0.3) is 0 Å². The average Bonchev–Trinajstić information content (AvgIpc) is 2.14. The van der Waals surface area contributed by atoms with Crippen LogP contribution in [0.3, 0.4) is 0 Å². The Labute approximate surface area is 48.5 Å². The van der Waals surface area contributed by atoms with Gasteiger partial charge in [-0.05, 0) is 0 Å². The molecule has 3 heteroatoms. The van der Waals surface area contributed by atoms with E-state index in [1.54, 1.807) is 0 Å². The third-order valence-electron chi connectivity index (χ3n) is 0.767. The molecule has 0 amide bonds. The molecule has 0 unspecified atom stereocenters. The van der Waals surface area contributed by atoms with Crippen molar-refractivity contribution in [1.29, 1.82) is 0 Å². The maximum absolute atomic E-state index is 3.87. The van der Waals surface area contributed by atoms with Crippen LogP contribution in [0.1, 0.15) is 12.6 Å². The summed E-state index contributed by atoms with van der Waals surface area (Å²) in [6, 6.07) is 0. The van der Waals surface area contributed by atoms with Crippen LogP contribution in [-0.2, 0) is 6.42 Å². The molecule has 1 aromatic heterocycles. The fraction of sp³-hybridized carbons (Fsp3) is 0.500. The summed E-state index contributed by atoms with van der Waals surface area (Å²) in [5.74, 6) is 0. The minimum atomic E-state index is 0.339. The van der Waals surface area contributed by atoms with Gasteiger partial charge in [0.2, 0.25) is 0 Å². The van der Waals surface area contributed by atoms with E-state index in [1.807, 2.05) is 0 Å². The second-order valence-electron chi connectivity index (χ2n) is 1.25. The van der Waals surface area contributed by atoms with Crippen LogP contribution in [0.4, 0.5) is 0 Å². The molecule has 2 nitrogen and oxygen atoms in total. The summed E-state index contributed by atoms with van der Waals surface area (Å²) in [5.41, 5.74) is 1.15. The normalized spacial score (nSPS) is 9.29. The summed E-state index contributed by atoms with van der Waals surface area (Å²) in [4.78, 5) is 2.10. The molecule has 0 bridgehead atoms. The number of aromatic nitrogens is 2. The molecular formula is C4H6N2Se. The Kier molecular flexibility index (Phi) is 1.60. The third-order valence-corrected chi connectivity index (χ3v) is 1.93. The van der Waals surface area contributed by atoms with E-state index in [0.29, 0.717) is 14.7 Å². The molecule has 0 spiro atoms. The first-order valence-electron chi connectivity index (χ1n) is 2.19. The van der Waals surface area contributed by atoms with Crippen LogP contribution in [0.25, 0.3) is 0 Å². The number of aryl methyl sites for hydroxylation is 1. The van der Waals surface area contributed by atoms with Crippen molar-refractivity contribution in [3.05, 3.63) is 10.6 Å². The van der Waals surface area contributed by atoms with Gasteiger partial charge in [-0.1, -0.05) is 0 Å². The zero-order valence-corrected chi connectivity index (χ0v) is 5.80. The van der Waals surface area contributed by atoms with E-state index in [0.717, 1.165) is 12.1 Å². The van der Waals surface area contributed by atoms with Gasteiger partial charge in [-0.3, -0.25) is 0 Å². The maximum atomic E-state index is 3.87. The first kappa shape index (κ1) is 5.01. The molecule has 7 heavy (non-hydrogen) atoms. The monoisotopic (exact) mass is 162 g/mol. The molecule has 1 aromatic rings. The van der Waals surface area contributed by atoms with Crippen LogP contribution in [0.15, 0.2) is 4.94 Å². The summed E-state index contributed by atoms with van der Waals surface area (Å²) in [6.45, 7) is 2.09. The molecule has 0 fully saturated rings. The Bertz CT molecular complexity index is 124. The van der Waals surface area contributed by atoms with Gasteiger partial charge in [-0.2, -0.15) is 0 Å². The minimum absolute atomic E-state index is 0.339. The molecule has 0 aliphatic heterocycles. The third kappa shape index (κ3) is 1.11. The second kappa shape index (κ2) is 2.24. The SMILES string of the molecule is CCc1c[se]nn1. The second-order valence-corrected chi connectivity index (χ2v) is 2.53. The van der Waals surface area contributed by atoms with E-state index in [-0.39, 0.29) is 0 Å². The van der Waals surface area contributed by atoms with Crippen molar-refractivity contribution >= 4 is 14.7 Å². The van der Waals surface area contributed by atoms with Crippen molar-refractivity contribution < 1.29 is 0 Å². The Morgan fingerprint density at radius 2 is 2.71 bits per heavy atom. The molecule has 0 aromatic carbocycles. The van der Waals surface area contributed by atoms with Gasteiger partial charge in [0, 0.05) is 0 Å². The molecular weight excluding hydrogens is 155 g/mol. The summed E-state index contributed by atoms with van der Waals surface area (Å²) in [7, 11) is 0. The van der Waals surface area contributed by atoms with E-state index in [4.69, 9.17) is 0 Å². The fourth-order valence-corrected chi connectivity index (χ4v) is 1.46. The van der Waals surface area contributed by atoms with Crippen molar-refractivity contribution in [2.45, 2.75) is 13.3 Å². The standard InChI is InChI=1S/C4H6N2Se/c1-2-4-3-7-6-5-4/h3H,2H2,1H3. The van der Waals surface area contributed by atoms with Crippen molar-refractivity contribution in [1.82, 2.24) is 9.19 Å². The van der Waals surface area contributed by atoms with E-state index < -0.39 is 0 Å². The van der Waals surface area contributed by atoms with Gasteiger partial charge in [0.1, 0.15) is 0 Å². The Morgan fingerprint density at radius 3 is 3.00 bits per heavy atom. The zero-order valence-electron chi connectivity index (χ0n) is 4.09. The molecule has 1 rings (SSSR count). The van der Waals surface area contributed by atoms with Crippen molar-refractivity contribution in [2.24, 2.45) is 0 Å². The first-order chi connectivity index (χ1) is 3.43. The summed E-state index contributed by atoms with van der Waals surface area (Å²) >= 11 is 0.339. The van der Waals surface area contributed by atoms with Crippen LogP contribution in [0.5, 0.6) is 0 Å². The van der Waals surface area contributed by atoms with E-state index in [9.17, 15) is 0 Å². The Hall–Kier alpha value is -0.141. The Morgan fingerprint density at radius 1 is 1.86 bits per heavy atom. The van der Waals surface area contributed by atoms with Gasteiger partial charge >= 0.3 is 47.9 Å². The van der Waals surface area contributed by atoms with E-state index in [2.05, 4.69) is 21.1 Å². The summed E-state index contributed by atoms with van der Waals surface area (Å²) in [6.07, 6.45) is 1.03. The number of nitrogens with zero attached hydrogens (tertiary/aromatic N) is 2. The van der Waals surface area contributed by atoms with Crippen molar-refractivity contribution in [2.75, 3.05) is 0 Å². The predicted octanol–water partition coefficient (Wildman–Crippen LogP) is 0.0960. The van der Waals surface area contributed by atoms with Crippen LogP contribution in [-0.4, -0.2) is 23.9 Å². The van der Waals surface area contributed by atoms with Gasteiger partial charge in [0.15, 0.2) is 0 Å². The average molecular weight is 161 g/mol. The van der Waals surface area contributed by atoms with Crippen LogP contribution in [0.2, 0.25) is 0 Å². The Balaban J connectivity index is 2.76. The van der Waals surface area contributed by atoms with Crippen molar-refractivity contribution in [3.63, 3.8) is 0 Å². The quantitative estimate of drug-likeness (QED) is 0.546. The molecule has 0 aliphatic carbocycles. The molecule has 0 radical (unpaired) electrons. The number of hydrogen-bond donors (Lipinski definition) is 0. The number of rotatable bonds is 1. The molecule has 38 valence electrons. The van der Waals surface area contributed by atoms with Gasteiger partial charge in [0.05, 0.1) is 0 Å². The zero-order chi connectivity index (χ0) is 5.11. The van der Waals surface area contributed by atoms with E-state index >= 15 is 0 Å². The molecule has 0 atom stereocenters. The molecule has 0 saturated carbocycles. The molecule has 0 saturated heterocycles. The summed E-state index contributed by atoms with van der Waals surface area (Å²) in [5, 5.41) is 3.87. The van der Waals surface area contributed by atoms with E-state index in [1.165, 1.54) is 0 Å². The van der Waals surface area contributed by atoms with Crippen LogP contribution in [0, 0.1) is 0 Å².